The highest BCUT2D eigenvalue weighted by atomic mass is 35.5. The molecule has 0 bridgehead atoms. The zero-order chi connectivity index (χ0) is 24.0. The number of H-pyrrole nitrogens is 1. The lowest BCUT2D eigenvalue weighted by atomic mass is 9.94. The van der Waals surface area contributed by atoms with E-state index in [1.807, 2.05) is 38.1 Å². The maximum Gasteiger partial charge on any atom is 0.290 e. The van der Waals surface area contributed by atoms with Crippen LogP contribution in [0.1, 0.15) is 36.0 Å². The molecule has 1 amide bonds. The zero-order valence-electron chi connectivity index (χ0n) is 18.7. The lowest BCUT2D eigenvalue weighted by Gasteiger charge is -2.26. The van der Waals surface area contributed by atoms with Crippen molar-refractivity contribution in [3.8, 4) is 0 Å². The van der Waals surface area contributed by atoms with Crippen molar-refractivity contribution in [3.05, 3.63) is 82.4 Å². The van der Waals surface area contributed by atoms with Gasteiger partial charge < -0.3 is 24.1 Å². The topological polar surface area (TPSA) is 95.8 Å². The second-order valence-corrected chi connectivity index (χ2v) is 8.93. The highest BCUT2D eigenvalue weighted by molar-refractivity contribution is 6.31. The molecule has 5 rings (SSSR count). The summed E-state index contributed by atoms with van der Waals surface area (Å²) in [5.41, 5.74) is 2.03. The number of carbonyl (C=O) groups is 2. The van der Waals surface area contributed by atoms with Gasteiger partial charge in [0.15, 0.2) is 11.5 Å². The third-order valence-electron chi connectivity index (χ3n) is 5.95. The molecule has 3 heterocycles. The van der Waals surface area contributed by atoms with Gasteiger partial charge in [-0.05, 0) is 44.2 Å². The molecular formula is C26H23ClN2O5. The van der Waals surface area contributed by atoms with Crippen molar-refractivity contribution in [2.45, 2.75) is 26.0 Å². The van der Waals surface area contributed by atoms with E-state index in [2.05, 4.69) is 4.98 Å². The van der Waals surface area contributed by atoms with Gasteiger partial charge in [0, 0.05) is 39.6 Å². The number of furan rings is 1. The first-order valence-electron chi connectivity index (χ1n) is 11.0. The molecule has 7 nitrogen and oxygen atoms in total. The number of Topliss-reactive ketones (excluding diaryl/α,β-unsaturated/α-hetero) is 1. The number of rotatable bonds is 7. The number of para-hydroxylation sites is 1. The molecule has 2 aromatic carbocycles. The fourth-order valence-electron chi connectivity index (χ4n) is 4.41. The predicted octanol–water partition coefficient (Wildman–Crippen LogP) is 5.57. The molecule has 4 aromatic rings. The van der Waals surface area contributed by atoms with Crippen molar-refractivity contribution in [2.24, 2.45) is 0 Å². The standard InChI is InChI=1S/C26H23ClN2O5/c1-14(2)33-10-9-29-23(18-13-28-19-6-4-3-5-17(18)19)22(25(31)26(29)32)24(30)21-12-15-11-16(27)7-8-20(15)34-21/h3-8,11-14,23,28,31H,9-10H2,1-2H3. The van der Waals surface area contributed by atoms with Crippen LogP contribution in [0.2, 0.25) is 5.02 Å². The first-order chi connectivity index (χ1) is 16.3. The summed E-state index contributed by atoms with van der Waals surface area (Å²) in [5, 5.41) is 12.9. The summed E-state index contributed by atoms with van der Waals surface area (Å²) in [6.45, 7) is 4.28. The SMILES string of the molecule is CC(C)OCCN1C(=O)C(O)=C(C(=O)c2cc3cc(Cl)ccc3o2)C1c1c[nH]c2ccccc12. The lowest BCUT2D eigenvalue weighted by molar-refractivity contribution is -0.130. The van der Waals surface area contributed by atoms with E-state index < -0.39 is 23.5 Å². The molecule has 8 heteroatoms. The Morgan fingerprint density at radius 2 is 2.03 bits per heavy atom. The summed E-state index contributed by atoms with van der Waals surface area (Å²) in [4.78, 5) is 31.5. The predicted molar refractivity (Wildman–Crippen MR) is 129 cm³/mol. The van der Waals surface area contributed by atoms with Crippen LogP contribution in [0, 0.1) is 0 Å². The molecule has 2 N–H and O–H groups in total. The van der Waals surface area contributed by atoms with Gasteiger partial charge in [-0.25, -0.2) is 0 Å². The molecule has 0 fully saturated rings. The average molecular weight is 479 g/mol. The molecule has 1 atom stereocenters. The highest BCUT2D eigenvalue weighted by Gasteiger charge is 2.45. The number of hydrogen-bond acceptors (Lipinski definition) is 5. The van der Waals surface area contributed by atoms with Gasteiger partial charge in [-0.3, -0.25) is 9.59 Å². The summed E-state index contributed by atoms with van der Waals surface area (Å²) >= 11 is 6.07. The van der Waals surface area contributed by atoms with Gasteiger partial charge in [0.05, 0.1) is 24.3 Å². The monoisotopic (exact) mass is 478 g/mol. The minimum Gasteiger partial charge on any atom is -0.503 e. The van der Waals surface area contributed by atoms with E-state index in [0.717, 1.165) is 10.9 Å². The van der Waals surface area contributed by atoms with Gasteiger partial charge >= 0.3 is 0 Å². The van der Waals surface area contributed by atoms with E-state index in [1.165, 1.54) is 4.90 Å². The molecule has 174 valence electrons. The number of aliphatic hydroxyl groups excluding tert-OH is 1. The molecule has 0 saturated heterocycles. The van der Waals surface area contributed by atoms with Crippen LogP contribution in [0.4, 0.5) is 0 Å². The van der Waals surface area contributed by atoms with E-state index in [0.29, 0.717) is 21.6 Å². The smallest absolute Gasteiger partial charge is 0.290 e. The molecule has 0 spiro atoms. The number of ether oxygens (including phenoxy) is 1. The average Bonchev–Trinajstić information content (AvgIpc) is 3.48. The van der Waals surface area contributed by atoms with Crippen LogP contribution in [-0.4, -0.2) is 45.9 Å². The maximum absolute atomic E-state index is 13.7. The molecule has 0 radical (unpaired) electrons. The van der Waals surface area contributed by atoms with Gasteiger partial charge in [0.25, 0.3) is 5.91 Å². The van der Waals surface area contributed by atoms with Gasteiger partial charge in [-0.1, -0.05) is 29.8 Å². The Labute approximate surface area is 200 Å². The van der Waals surface area contributed by atoms with Crippen LogP contribution in [0.3, 0.4) is 0 Å². The van der Waals surface area contributed by atoms with E-state index in [1.54, 1.807) is 30.5 Å². The van der Waals surface area contributed by atoms with Crippen LogP contribution in [0.5, 0.6) is 0 Å². The molecule has 1 aliphatic rings. The van der Waals surface area contributed by atoms with Crippen molar-refractivity contribution >= 4 is 45.2 Å². The summed E-state index contributed by atoms with van der Waals surface area (Å²) in [6, 6.07) is 13.4. The number of benzene rings is 2. The van der Waals surface area contributed by atoms with Crippen LogP contribution in [0.15, 0.2) is 70.5 Å². The minimum absolute atomic E-state index is 0.0192. The summed E-state index contributed by atoms with van der Waals surface area (Å²) in [5.74, 6) is -1.73. The number of ketones is 1. The number of halogens is 1. The molecule has 1 unspecified atom stereocenters. The van der Waals surface area contributed by atoms with Crippen molar-refractivity contribution < 1.29 is 23.8 Å². The van der Waals surface area contributed by atoms with Crippen molar-refractivity contribution in [2.75, 3.05) is 13.2 Å². The number of carbonyl (C=O) groups excluding carboxylic acids is 2. The Bertz CT molecular complexity index is 1450. The van der Waals surface area contributed by atoms with Crippen LogP contribution < -0.4 is 0 Å². The second-order valence-electron chi connectivity index (χ2n) is 8.49. The van der Waals surface area contributed by atoms with E-state index in [-0.39, 0.29) is 30.6 Å². The molecular weight excluding hydrogens is 456 g/mol. The summed E-state index contributed by atoms with van der Waals surface area (Å²) < 4.78 is 11.4. The number of aliphatic hydroxyl groups is 1. The first kappa shape index (κ1) is 22.3. The van der Waals surface area contributed by atoms with Crippen LogP contribution in [0.25, 0.3) is 21.9 Å². The van der Waals surface area contributed by atoms with E-state index in [4.69, 9.17) is 20.8 Å². The third-order valence-corrected chi connectivity index (χ3v) is 6.18. The number of hydrogen-bond donors (Lipinski definition) is 2. The van der Waals surface area contributed by atoms with Gasteiger partial charge in [-0.15, -0.1) is 0 Å². The van der Waals surface area contributed by atoms with Gasteiger partial charge in [0.2, 0.25) is 5.78 Å². The molecule has 0 saturated carbocycles. The third kappa shape index (κ3) is 3.77. The Morgan fingerprint density at radius 1 is 1.24 bits per heavy atom. The number of nitrogens with zero attached hydrogens (tertiary/aromatic N) is 1. The van der Waals surface area contributed by atoms with Crippen molar-refractivity contribution in [3.63, 3.8) is 0 Å². The fourth-order valence-corrected chi connectivity index (χ4v) is 4.59. The van der Waals surface area contributed by atoms with E-state index in [9.17, 15) is 14.7 Å². The maximum atomic E-state index is 13.7. The highest BCUT2D eigenvalue weighted by Crippen LogP contribution is 2.42. The second kappa shape index (κ2) is 8.66. The quantitative estimate of drug-likeness (QED) is 0.338. The number of fused-ring (bicyclic) bond motifs is 2. The normalized spacial score (nSPS) is 16.5. The first-order valence-corrected chi connectivity index (χ1v) is 11.4. The van der Waals surface area contributed by atoms with Crippen molar-refractivity contribution in [1.29, 1.82) is 0 Å². The zero-order valence-corrected chi connectivity index (χ0v) is 19.4. The largest absolute Gasteiger partial charge is 0.503 e. The van der Waals surface area contributed by atoms with Gasteiger partial charge in [0.1, 0.15) is 5.58 Å². The van der Waals surface area contributed by atoms with E-state index >= 15 is 0 Å². The number of aromatic nitrogens is 1. The number of amides is 1. The lowest BCUT2D eigenvalue weighted by Crippen LogP contribution is -2.34. The summed E-state index contributed by atoms with van der Waals surface area (Å²) in [7, 11) is 0. The van der Waals surface area contributed by atoms with Gasteiger partial charge in [-0.2, -0.15) is 0 Å². The molecule has 0 aliphatic carbocycles. The number of nitrogens with one attached hydrogen (secondary N) is 1. The minimum atomic E-state index is -0.802. The molecule has 1 aliphatic heterocycles. The molecule has 2 aromatic heterocycles. The van der Waals surface area contributed by atoms with Crippen LogP contribution in [-0.2, 0) is 9.53 Å². The Kier molecular flexibility index (Phi) is 5.67. The fraction of sp³-hybridized carbons (Fsp3) is 0.231. The van der Waals surface area contributed by atoms with Crippen molar-refractivity contribution in [1.82, 2.24) is 9.88 Å². The summed E-state index contributed by atoms with van der Waals surface area (Å²) in [6.07, 6.45) is 1.75. The molecule has 34 heavy (non-hydrogen) atoms. The Hall–Kier alpha value is -3.55. The Morgan fingerprint density at radius 3 is 2.82 bits per heavy atom. The number of aromatic amines is 1. The Balaban J connectivity index is 1.60. The van der Waals surface area contributed by atoms with Crippen LogP contribution >= 0.6 is 11.6 Å².